The molecule has 0 radical (unpaired) electrons. The van der Waals surface area contributed by atoms with Crippen molar-refractivity contribution in [3.05, 3.63) is 39.6 Å². The van der Waals surface area contributed by atoms with Crippen LogP contribution in [0.25, 0.3) is 11.3 Å². The summed E-state index contributed by atoms with van der Waals surface area (Å²) in [6, 6.07) is 5.63. The highest BCUT2D eigenvalue weighted by molar-refractivity contribution is 9.10. The molecule has 0 saturated heterocycles. The first-order valence-electron chi connectivity index (χ1n) is 4.96. The van der Waals surface area contributed by atoms with E-state index < -0.39 is 5.97 Å². The Bertz CT molecular complexity index is 569. The summed E-state index contributed by atoms with van der Waals surface area (Å²) in [5.41, 5.74) is 2.22. The van der Waals surface area contributed by atoms with Crippen LogP contribution in [0.15, 0.2) is 27.2 Å². The van der Waals surface area contributed by atoms with E-state index in [1.165, 1.54) is 0 Å². The molecule has 2 rings (SSSR count). The molecule has 0 aliphatic carbocycles. The largest absolute Gasteiger partial charge is 0.477 e. The maximum atomic E-state index is 11.1. The van der Waals surface area contributed by atoms with Crippen LogP contribution >= 0.6 is 15.9 Å². The Morgan fingerprint density at radius 2 is 2.06 bits per heavy atom. The van der Waals surface area contributed by atoms with Gasteiger partial charge in [0.15, 0.2) is 0 Å². The number of carbonyl (C=O) groups is 1. The van der Waals surface area contributed by atoms with E-state index in [0.717, 1.165) is 15.6 Å². The predicted octanol–water partition coefficient (Wildman–Crippen LogP) is 3.42. The highest BCUT2D eigenvalue weighted by Gasteiger charge is 2.21. The van der Waals surface area contributed by atoms with E-state index in [0.29, 0.717) is 11.5 Å². The van der Waals surface area contributed by atoms with Gasteiger partial charge in [-0.15, -0.1) is 0 Å². The number of halogens is 1. The molecule has 0 saturated carbocycles. The minimum Gasteiger partial charge on any atom is -0.477 e. The minimum absolute atomic E-state index is 0.113. The average Bonchev–Trinajstić information content (AvgIpc) is 2.58. The maximum Gasteiger partial charge on any atom is 0.341 e. The van der Waals surface area contributed by atoms with Crippen LogP contribution in [-0.4, -0.2) is 16.2 Å². The van der Waals surface area contributed by atoms with Gasteiger partial charge in [0, 0.05) is 10.0 Å². The summed E-state index contributed by atoms with van der Waals surface area (Å²) in [6.45, 7) is 3.52. The summed E-state index contributed by atoms with van der Waals surface area (Å²) in [4.78, 5) is 11.1. The molecule has 0 aliphatic rings. The van der Waals surface area contributed by atoms with Crippen molar-refractivity contribution < 1.29 is 14.4 Å². The highest BCUT2D eigenvalue weighted by atomic mass is 79.9. The fraction of sp³-hybridized carbons (Fsp3) is 0.167. The molecule has 1 aromatic heterocycles. The van der Waals surface area contributed by atoms with Crippen LogP contribution in [0.4, 0.5) is 0 Å². The van der Waals surface area contributed by atoms with Gasteiger partial charge in [-0.2, -0.15) is 0 Å². The molecule has 4 nitrogen and oxygen atoms in total. The molecule has 17 heavy (non-hydrogen) atoms. The molecule has 0 amide bonds. The molecule has 5 heteroatoms. The number of hydrogen-bond acceptors (Lipinski definition) is 3. The van der Waals surface area contributed by atoms with E-state index >= 15 is 0 Å². The van der Waals surface area contributed by atoms with Crippen molar-refractivity contribution in [2.24, 2.45) is 0 Å². The Hall–Kier alpha value is -1.62. The lowest BCUT2D eigenvalue weighted by atomic mass is 10.0. The molecule has 0 atom stereocenters. The van der Waals surface area contributed by atoms with Crippen molar-refractivity contribution in [3.8, 4) is 11.3 Å². The SMILES string of the molecule is Cc1cc(Br)cc(-c2noc(C)c2C(=O)O)c1. The third kappa shape index (κ3) is 2.24. The maximum absolute atomic E-state index is 11.1. The molecular formula is C12H10BrNO3. The first-order chi connectivity index (χ1) is 7.99. The van der Waals surface area contributed by atoms with E-state index in [2.05, 4.69) is 21.1 Å². The number of benzene rings is 1. The fourth-order valence-electron chi connectivity index (χ4n) is 1.69. The molecule has 2 aromatic rings. The van der Waals surface area contributed by atoms with E-state index in [4.69, 9.17) is 9.63 Å². The lowest BCUT2D eigenvalue weighted by molar-refractivity contribution is 0.0696. The number of aromatic nitrogens is 1. The van der Waals surface area contributed by atoms with Crippen LogP contribution in [-0.2, 0) is 0 Å². The number of hydrogen-bond donors (Lipinski definition) is 1. The normalized spacial score (nSPS) is 10.5. The standard InChI is InChI=1S/C12H10BrNO3/c1-6-3-8(5-9(13)4-6)11-10(12(15)16)7(2)17-14-11/h3-5H,1-2H3,(H,15,16). The van der Waals surface area contributed by atoms with Gasteiger partial charge in [-0.25, -0.2) is 4.79 Å². The van der Waals surface area contributed by atoms with Crippen molar-refractivity contribution in [1.29, 1.82) is 0 Å². The topological polar surface area (TPSA) is 63.3 Å². The van der Waals surface area contributed by atoms with Crippen LogP contribution < -0.4 is 0 Å². The molecule has 88 valence electrons. The van der Waals surface area contributed by atoms with Gasteiger partial charge in [-0.05, 0) is 37.6 Å². The van der Waals surface area contributed by atoms with Gasteiger partial charge in [0.05, 0.1) is 0 Å². The lowest BCUT2D eigenvalue weighted by Gasteiger charge is -2.01. The fourth-order valence-corrected chi connectivity index (χ4v) is 2.30. The molecule has 1 heterocycles. The third-order valence-corrected chi connectivity index (χ3v) is 2.85. The zero-order valence-corrected chi connectivity index (χ0v) is 10.9. The average molecular weight is 296 g/mol. The minimum atomic E-state index is -1.03. The van der Waals surface area contributed by atoms with Crippen molar-refractivity contribution >= 4 is 21.9 Å². The molecule has 0 bridgehead atoms. The summed E-state index contributed by atoms with van der Waals surface area (Å²) in [5, 5.41) is 12.9. The van der Waals surface area contributed by atoms with Crippen molar-refractivity contribution in [2.75, 3.05) is 0 Å². The summed E-state index contributed by atoms with van der Waals surface area (Å²) in [6.07, 6.45) is 0. The van der Waals surface area contributed by atoms with Crippen LogP contribution in [0.5, 0.6) is 0 Å². The van der Waals surface area contributed by atoms with E-state index in [-0.39, 0.29) is 5.56 Å². The number of nitrogens with zero attached hydrogens (tertiary/aromatic N) is 1. The number of aryl methyl sites for hydroxylation is 2. The Balaban J connectivity index is 2.64. The molecular weight excluding hydrogens is 286 g/mol. The van der Waals surface area contributed by atoms with E-state index in [1.54, 1.807) is 6.92 Å². The third-order valence-electron chi connectivity index (χ3n) is 2.39. The second-order valence-corrected chi connectivity index (χ2v) is 4.70. The lowest BCUT2D eigenvalue weighted by Crippen LogP contribution is -1.99. The number of aromatic carboxylic acids is 1. The molecule has 1 N–H and O–H groups in total. The molecule has 0 spiro atoms. The van der Waals surface area contributed by atoms with E-state index in [1.807, 2.05) is 25.1 Å². The first-order valence-corrected chi connectivity index (χ1v) is 5.75. The van der Waals surface area contributed by atoms with Crippen LogP contribution in [0.3, 0.4) is 0 Å². The number of rotatable bonds is 2. The van der Waals surface area contributed by atoms with Gasteiger partial charge >= 0.3 is 5.97 Å². The van der Waals surface area contributed by atoms with E-state index in [9.17, 15) is 4.79 Å². The van der Waals surface area contributed by atoms with Crippen molar-refractivity contribution in [3.63, 3.8) is 0 Å². The molecule has 0 aliphatic heterocycles. The smallest absolute Gasteiger partial charge is 0.341 e. The van der Waals surface area contributed by atoms with Gasteiger partial charge in [0.25, 0.3) is 0 Å². The van der Waals surface area contributed by atoms with Gasteiger partial charge in [0.2, 0.25) is 0 Å². The van der Waals surface area contributed by atoms with Crippen molar-refractivity contribution in [2.45, 2.75) is 13.8 Å². The van der Waals surface area contributed by atoms with Gasteiger partial charge in [-0.3, -0.25) is 0 Å². The monoisotopic (exact) mass is 295 g/mol. The molecule has 0 unspecified atom stereocenters. The van der Waals surface area contributed by atoms with Crippen molar-refractivity contribution in [1.82, 2.24) is 5.16 Å². The second-order valence-electron chi connectivity index (χ2n) is 3.78. The van der Waals surface area contributed by atoms with Crippen LogP contribution in [0.1, 0.15) is 21.7 Å². The second kappa shape index (κ2) is 4.33. The summed E-state index contributed by atoms with van der Waals surface area (Å²) in [7, 11) is 0. The molecule has 0 fully saturated rings. The Morgan fingerprint density at radius 1 is 1.35 bits per heavy atom. The zero-order valence-electron chi connectivity index (χ0n) is 9.32. The van der Waals surface area contributed by atoms with Gasteiger partial charge in [0.1, 0.15) is 17.0 Å². The predicted molar refractivity (Wildman–Crippen MR) is 66.1 cm³/mol. The van der Waals surface area contributed by atoms with Gasteiger partial charge < -0.3 is 9.63 Å². The molecule has 1 aromatic carbocycles. The Morgan fingerprint density at radius 3 is 2.65 bits per heavy atom. The first kappa shape index (κ1) is 11.9. The number of carboxylic acid groups (broad SMARTS) is 1. The Kier molecular flexibility index (Phi) is 3.02. The Labute approximate surface area is 106 Å². The number of carboxylic acids is 1. The quantitative estimate of drug-likeness (QED) is 0.922. The summed E-state index contributed by atoms with van der Waals surface area (Å²) >= 11 is 3.37. The van der Waals surface area contributed by atoms with Crippen LogP contribution in [0, 0.1) is 13.8 Å². The summed E-state index contributed by atoms with van der Waals surface area (Å²) in [5.74, 6) is -0.721. The zero-order chi connectivity index (χ0) is 12.6. The summed E-state index contributed by atoms with van der Waals surface area (Å²) < 4.78 is 5.82. The van der Waals surface area contributed by atoms with Gasteiger partial charge in [-0.1, -0.05) is 21.1 Å². The van der Waals surface area contributed by atoms with Crippen LogP contribution in [0.2, 0.25) is 0 Å². The highest BCUT2D eigenvalue weighted by Crippen LogP contribution is 2.28.